The molecule has 1 aromatic heterocycles. The second-order valence-corrected chi connectivity index (χ2v) is 7.20. The summed E-state index contributed by atoms with van der Waals surface area (Å²) in [5, 5.41) is 0. The van der Waals surface area contributed by atoms with Crippen LogP contribution in [0.2, 0.25) is 0 Å². The minimum Gasteiger partial charge on any atom is -0.493 e. The first-order chi connectivity index (χ1) is 15.7. The molecule has 0 atom stereocenters. The summed E-state index contributed by atoms with van der Waals surface area (Å²) in [6.07, 6.45) is 7.46. The molecule has 0 unspecified atom stereocenters. The molecule has 0 saturated carbocycles. The number of hydrogen-bond donors (Lipinski definition) is 0. The predicted octanol–water partition coefficient (Wildman–Crippen LogP) is 6.00. The Morgan fingerprint density at radius 2 is 1.34 bits per heavy atom. The van der Waals surface area contributed by atoms with Crippen molar-refractivity contribution < 1.29 is 14.3 Å². The summed E-state index contributed by atoms with van der Waals surface area (Å²) in [6, 6.07) is 28.6. The van der Waals surface area contributed by atoms with Gasteiger partial charge in [0.05, 0.1) is 7.11 Å². The predicted molar refractivity (Wildman–Crippen MR) is 127 cm³/mol. The average Bonchev–Trinajstić information content (AvgIpc) is 2.85. The molecule has 0 saturated heterocycles. The highest BCUT2D eigenvalue weighted by Gasteiger charge is 2.25. The number of methoxy groups -OCH3 is 1. The van der Waals surface area contributed by atoms with Crippen molar-refractivity contribution in [3.05, 3.63) is 126 Å². The molecule has 32 heavy (non-hydrogen) atoms. The smallest absolute Gasteiger partial charge is 0.323 e. The second-order valence-electron chi connectivity index (χ2n) is 7.20. The zero-order valence-corrected chi connectivity index (χ0v) is 17.7. The van der Waals surface area contributed by atoms with Crippen LogP contribution in [0.15, 0.2) is 103 Å². The van der Waals surface area contributed by atoms with E-state index in [0.29, 0.717) is 11.5 Å². The number of pyridine rings is 1. The van der Waals surface area contributed by atoms with Crippen LogP contribution < -0.4 is 9.47 Å². The zero-order chi connectivity index (χ0) is 22.2. The number of carbonyl (C=O) groups excluding carboxylic acids is 1. The van der Waals surface area contributed by atoms with Gasteiger partial charge in [0.15, 0.2) is 11.5 Å². The highest BCUT2D eigenvalue weighted by Crippen LogP contribution is 2.32. The van der Waals surface area contributed by atoms with E-state index in [2.05, 4.69) is 4.98 Å². The van der Waals surface area contributed by atoms with E-state index >= 15 is 0 Å². The summed E-state index contributed by atoms with van der Waals surface area (Å²) in [7, 11) is 1.56. The number of aromatic nitrogens is 1. The van der Waals surface area contributed by atoms with Gasteiger partial charge in [0.1, 0.15) is 5.92 Å². The third-order valence-electron chi connectivity index (χ3n) is 5.07. The van der Waals surface area contributed by atoms with Crippen LogP contribution >= 0.6 is 0 Å². The number of nitrogens with zero attached hydrogens (tertiary/aromatic N) is 1. The van der Waals surface area contributed by atoms with Gasteiger partial charge in [-0.2, -0.15) is 0 Å². The summed E-state index contributed by atoms with van der Waals surface area (Å²) < 4.78 is 11.3. The van der Waals surface area contributed by atoms with Gasteiger partial charge in [-0.15, -0.1) is 0 Å². The first kappa shape index (κ1) is 21.1. The minimum absolute atomic E-state index is 0.360. The van der Waals surface area contributed by atoms with E-state index < -0.39 is 5.92 Å². The van der Waals surface area contributed by atoms with Crippen molar-refractivity contribution in [1.29, 1.82) is 0 Å². The molecule has 0 spiro atoms. The van der Waals surface area contributed by atoms with Gasteiger partial charge < -0.3 is 9.47 Å². The van der Waals surface area contributed by atoms with Gasteiger partial charge in [-0.25, -0.2) is 0 Å². The van der Waals surface area contributed by atoms with E-state index in [1.165, 1.54) is 0 Å². The first-order valence-corrected chi connectivity index (χ1v) is 10.3. The zero-order valence-electron chi connectivity index (χ0n) is 17.7. The van der Waals surface area contributed by atoms with Crippen molar-refractivity contribution >= 4 is 18.1 Å². The van der Waals surface area contributed by atoms with Crippen LogP contribution in [-0.2, 0) is 4.79 Å². The molecule has 0 fully saturated rings. The maximum absolute atomic E-state index is 13.3. The third kappa shape index (κ3) is 5.10. The van der Waals surface area contributed by atoms with Crippen molar-refractivity contribution in [2.75, 3.05) is 7.11 Å². The van der Waals surface area contributed by atoms with Crippen LogP contribution in [0, 0.1) is 0 Å². The topological polar surface area (TPSA) is 48.4 Å². The summed E-state index contributed by atoms with van der Waals surface area (Å²) in [5.41, 5.74) is 3.73. The fourth-order valence-electron chi connectivity index (χ4n) is 3.46. The van der Waals surface area contributed by atoms with Crippen molar-refractivity contribution in [3.63, 3.8) is 0 Å². The standard InChI is InChI=1S/C28H23NO3/c1-31-26-20-22(13-12-21-16-18-29-19-17-21)14-15-25(26)32-28(30)27(23-8-4-2-5-9-23)24-10-6-3-7-11-24/h2-20,27H,1H3/b13-12+. The molecular weight excluding hydrogens is 398 g/mol. The van der Waals surface area contributed by atoms with Crippen molar-refractivity contribution in [2.45, 2.75) is 5.92 Å². The minimum atomic E-state index is -0.534. The Balaban J connectivity index is 1.59. The number of esters is 1. The van der Waals surface area contributed by atoms with Gasteiger partial charge in [0, 0.05) is 12.4 Å². The Kier molecular flexibility index (Phi) is 6.73. The van der Waals surface area contributed by atoms with Crippen molar-refractivity contribution in [2.24, 2.45) is 0 Å². The van der Waals surface area contributed by atoms with Crippen LogP contribution in [0.3, 0.4) is 0 Å². The van der Waals surface area contributed by atoms with Gasteiger partial charge in [-0.1, -0.05) is 78.9 Å². The lowest BCUT2D eigenvalue weighted by Gasteiger charge is -2.18. The Labute approximate surface area is 187 Å². The maximum atomic E-state index is 13.3. The Morgan fingerprint density at radius 1 is 0.750 bits per heavy atom. The molecular formula is C28H23NO3. The van der Waals surface area contributed by atoms with E-state index in [1.54, 1.807) is 25.6 Å². The lowest BCUT2D eigenvalue weighted by molar-refractivity contribution is -0.135. The maximum Gasteiger partial charge on any atom is 0.323 e. The molecule has 0 aliphatic heterocycles. The number of ether oxygens (including phenoxy) is 2. The number of benzene rings is 3. The molecule has 4 rings (SSSR count). The molecule has 4 aromatic rings. The van der Waals surface area contributed by atoms with Crippen molar-refractivity contribution in [3.8, 4) is 11.5 Å². The van der Waals surface area contributed by atoms with E-state index in [0.717, 1.165) is 22.3 Å². The number of hydrogen-bond acceptors (Lipinski definition) is 4. The fraction of sp³-hybridized carbons (Fsp3) is 0.0714. The number of carbonyl (C=O) groups is 1. The second kappa shape index (κ2) is 10.2. The molecule has 1 heterocycles. The van der Waals surface area contributed by atoms with Crippen LogP contribution in [0.4, 0.5) is 0 Å². The quantitative estimate of drug-likeness (QED) is 0.271. The summed E-state index contributed by atoms with van der Waals surface area (Å²) >= 11 is 0. The highest BCUT2D eigenvalue weighted by molar-refractivity contribution is 5.84. The molecule has 3 aromatic carbocycles. The van der Waals surface area contributed by atoms with Gasteiger partial charge in [0.25, 0.3) is 0 Å². The van der Waals surface area contributed by atoms with Crippen LogP contribution in [0.25, 0.3) is 12.2 Å². The normalized spacial score (nSPS) is 10.9. The van der Waals surface area contributed by atoms with E-state index in [4.69, 9.17) is 9.47 Å². The Hall–Kier alpha value is -4.18. The first-order valence-electron chi connectivity index (χ1n) is 10.3. The van der Waals surface area contributed by atoms with E-state index in [-0.39, 0.29) is 5.97 Å². The average molecular weight is 421 g/mol. The molecule has 4 heteroatoms. The molecule has 0 radical (unpaired) electrons. The fourth-order valence-corrected chi connectivity index (χ4v) is 3.46. The van der Waals surface area contributed by atoms with E-state index in [9.17, 15) is 4.79 Å². The van der Waals surface area contributed by atoms with Gasteiger partial charge in [-0.3, -0.25) is 9.78 Å². The number of rotatable bonds is 7. The molecule has 0 aliphatic carbocycles. The highest BCUT2D eigenvalue weighted by atomic mass is 16.6. The van der Waals surface area contributed by atoms with Gasteiger partial charge in [-0.05, 0) is 46.5 Å². The lowest BCUT2D eigenvalue weighted by Crippen LogP contribution is -2.20. The lowest BCUT2D eigenvalue weighted by atomic mass is 9.91. The summed E-state index contributed by atoms with van der Waals surface area (Å²) in [5.74, 6) is -0.0142. The SMILES string of the molecule is COc1cc(/C=C/c2ccncc2)ccc1OC(=O)C(c1ccccc1)c1ccccc1. The van der Waals surface area contributed by atoms with Crippen LogP contribution in [-0.4, -0.2) is 18.1 Å². The van der Waals surface area contributed by atoms with Crippen LogP contribution in [0.1, 0.15) is 28.2 Å². The van der Waals surface area contributed by atoms with Crippen LogP contribution in [0.5, 0.6) is 11.5 Å². The molecule has 4 nitrogen and oxygen atoms in total. The largest absolute Gasteiger partial charge is 0.493 e. The Bertz CT molecular complexity index is 1150. The van der Waals surface area contributed by atoms with Gasteiger partial charge in [0.2, 0.25) is 0 Å². The molecule has 158 valence electrons. The van der Waals surface area contributed by atoms with Gasteiger partial charge >= 0.3 is 5.97 Å². The third-order valence-corrected chi connectivity index (χ3v) is 5.07. The Morgan fingerprint density at radius 3 is 1.94 bits per heavy atom. The monoisotopic (exact) mass is 421 g/mol. The van der Waals surface area contributed by atoms with E-state index in [1.807, 2.05) is 97.1 Å². The molecule has 0 N–H and O–H groups in total. The molecule has 0 bridgehead atoms. The molecule has 0 amide bonds. The van der Waals surface area contributed by atoms with Crippen molar-refractivity contribution in [1.82, 2.24) is 4.98 Å². The summed E-state index contributed by atoms with van der Waals surface area (Å²) in [6.45, 7) is 0. The summed E-state index contributed by atoms with van der Waals surface area (Å²) in [4.78, 5) is 17.3. The molecule has 0 aliphatic rings.